The minimum atomic E-state index is -4.93. The standard InChI is InChI=1S/C41H52F3N5O10S/c1-8-57-31-21-45-34(28-14-13-26(56-7)18-29(28)31)58-27-19-30-33(50)47-40(36(52)48-60(54,55)39(6)15-16-39)20-25(40)12-10-9-11-23(2)17-24(3)32(35(51)49(30)22-27)46-37(53)59-38(4,5)41(42,43)44/h8,10,12-14,18,21,23-25,27,30,32H,1,9,11,15-17,19-20,22H2,2-7H3,(H,46,53)(H,47,50)(H,48,52)/b12-10-/t23-,24-,25-,27-,30+,32+,40-/m1/s1. The summed E-state index contributed by atoms with van der Waals surface area (Å²) < 4.78 is 91.0. The van der Waals surface area contributed by atoms with Crippen LogP contribution in [0.25, 0.3) is 10.8 Å². The summed E-state index contributed by atoms with van der Waals surface area (Å²) >= 11 is 0. The fourth-order valence-electron chi connectivity index (χ4n) is 7.78. The van der Waals surface area contributed by atoms with Crippen LogP contribution in [-0.4, -0.2) is 96.0 Å². The second-order valence-corrected chi connectivity index (χ2v) is 19.3. The normalized spacial score (nSPS) is 28.7. The fourth-order valence-corrected chi connectivity index (χ4v) is 9.09. The summed E-state index contributed by atoms with van der Waals surface area (Å²) in [5, 5.41) is 6.20. The van der Waals surface area contributed by atoms with E-state index >= 15 is 0 Å². The monoisotopic (exact) mass is 863 g/mol. The number of hydrogen-bond donors (Lipinski definition) is 3. The molecule has 15 nitrogen and oxygen atoms in total. The highest BCUT2D eigenvalue weighted by atomic mass is 32.2. The number of methoxy groups -OCH3 is 1. The van der Waals surface area contributed by atoms with Crippen LogP contribution in [0.5, 0.6) is 17.4 Å². The first kappa shape index (κ1) is 44.5. The van der Waals surface area contributed by atoms with Gasteiger partial charge in [-0.25, -0.2) is 18.2 Å². The number of carbonyl (C=O) groups excluding carboxylic acids is 4. The summed E-state index contributed by atoms with van der Waals surface area (Å²) in [6.45, 7) is 9.86. The number of benzene rings is 1. The van der Waals surface area contributed by atoms with Gasteiger partial charge in [-0.2, -0.15) is 13.2 Å². The summed E-state index contributed by atoms with van der Waals surface area (Å²) in [7, 11) is -2.60. The molecule has 2 aromatic rings. The van der Waals surface area contributed by atoms with E-state index in [9.17, 15) is 40.8 Å². The zero-order valence-electron chi connectivity index (χ0n) is 34.4. The van der Waals surface area contributed by atoms with Gasteiger partial charge in [0.1, 0.15) is 29.5 Å². The predicted octanol–water partition coefficient (Wildman–Crippen LogP) is 5.44. The Hall–Kier alpha value is -5.07. The molecule has 3 N–H and O–H groups in total. The average Bonchev–Trinajstić information content (AvgIpc) is 4.05. The Morgan fingerprint density at radius 2 is 1.83 bits per heavy atom. The molecular formula is C41H52F3N5O10S. The van der Waals surface area contributed by atoms with Crippen molar-refractivity contribution in [1.82, 2.24) is 25.2 Å². The Kier molecular flexibility index (Phi) is 12.2. The van der Waals surface area contributed by atoms with Crippen LogP contribution in [0.2, 0.25) is 0 Å². The largest absolute Gasteiger partial charge is 0.497 e. The van der Waals surface area contributed by atoms with Crippen molar-refractivity contribution in [3.8, 4) is 17.4 Å². The van der Waals surface area contributed by atoms with Gasteiger partial charge in [-0.1, -0.05) is 32.6 Å². The van der Waals surface area contributed by atoms with Gasteiger partial charge < -0.3 is 34.5 Å². The molecule has 0 bridgehead atoms. The number of nitrogens with one attached hydrogen (secondary N) is 3. The van der Waals surface area contributed by atoms with Crippen LogP contribution >= 0.6 is 0 Å². The second kappa shape index (κ2) is 16.4. The summed E-state index contributed by atoms with van der Waals surface area (Å²) in [5.41, 5.74) is -4.56. The van der Waals surface area contributed by atoms with E-state index in [1.54, 1.807) is 31.2 Å². The highest BCUT2D eigenvalue weighted by Gasteiger charge is 2.63. The lowest BCUT2D eigenvalue weighted by molar-refractivity contribution is -0.244. The Morgan fingerprint density at radius 1 is 1.12 bits per heavy atom. The third-order valence-corrected chi connectivity index (χ3v) is 14.2. The number of nitrogens with zero attached hydrogens (tertiary/aromatic N) is 2. The van der Waals surface area contributed by atoms with Crippen LogP contribution in [0.4, 0.5) is 18.0 Å². The molecule has 1 aromatic heterocycles. The molecule has 60 heavy (non-hydrogen) atoms. The van der Waals surface area contributed by atoms with Gasteiger partial charge in [0.25, 0.3) is 5.91 Å². The van der Waals surface area contributed by atoms with E-state index < -0.39 is 85.9 Å². The van der Waals surface area contributed by atoms with Crippen LogP contribution in [0, 0.1) is 17.8 Å². The smallest absolute Gasteiger partial charge is 0.427 e. The average molecular weight is 864 g/mol. The predicted molar refractivity (Wildman–Crippen MR) is 212 cm³/mol. The molecule has 0 radical (unpaired) electrons. The van der Waals surface area contributed by atoms with Gasteiger partial charge in [0, 0.05) is 23.1 Å². The Balaban J connectivity index is 1.37. The Labute approximate surface area is 346 Å². The molecule has 0 spiro atoms. The van der Waals surface area contributed by atoms with Gasteiger partial charge in [-0.05, 0) is 89.3 Å². The molecule has 328 valence electrons. The SMILES string of the molecule is C=COc1cnc(O[C@@H]2C[C@H]3C(=O)N[C@]4(C(=O)NS(=O)(=O)C5(C)CC5)C[C@H]4/C=C\CC[C@@H](C)C[C@@H](C)[C@H](NC(=O)OC(C)(C)C(F)(F)F)C(=O)N3C2)c2ccc(OC)cc12. The summed E-state index contributed by atoms with van der Waals surface area (Å²) in [6.07, 6.45) is 1.08. The summed E-state index contributed by atoms with van der Waals surface area (Å²) in [6, 6.07) is 2.25. The van der Waals surface area contributed by atoms with Crippen molar-refractivity contribution in [2.45, 2.75) is 120 Å². The van der Waals surface area contributed by atoms with Crippen molar-refractivity contribution in [2.24, 2.45) is 17.8 Å². The maximum absolute atomic E-state index is 14.8. The van der Waals surface area contributed by atoms with Crippen LogP contribution in [0.1, 0.15) is 79.6 Å². The number of allylic oxidation sites excluding steroid dienone is 1. The Bertz CT molecular complexity index is 2180. The maximum Gasteiger partial charge on any atom is 0.427 e. The zero-order chi connectivity index (χ0) is 44.0. The molecule has 3 heterocycles. The lowest BCUT2D eigenvalue weighted by Gasteiger charge is -2.34. The van der Waals surface area contributed by atoms with Crippen molar-refractivity contribution in [3.05, 3.63) is 49.4 Å². The molecule has 7 atom stereocenters. The number of carbonyl (C=O) groups is 4. The van der Waals surface area contributed by atoms with E-state index in [0.29, 0.717) is 68.2 Å². The molecule has 3 fully saturated rings. The number of fused-ring (bicyclic) bond motifs is 3. The van der Waals surface area contributed by atoms with Crippen molar-refractivity contribution in [1.29, 1.82) is 0 Å². The fraction of sp³-hybridized carbons (Fsp3) is 0.585. The van der Waals surface area contributed by atoms with Crippen molar-refractivity contribution < 1.29 is 59.7 Å². The van der Waals surface area contributed by atoms with Crippen molar-refractivity contribution >= 4 is 44.6 Å². The lowest BCUT2D eigenvalue weighted by atomic mass is 9.88. The molecule has 19 heteroatoms. The number of amides is 4. The molecule has 0 unspecified atom stereocenters. The number of rotatable bonds is 10. The third-order valence-electron chi connectivity index (χ3n) is 12.1. The molecule has 2 aliphatic heterocycles. The molecule has 4 aliphatic rings. The van der Waals surface area contributed by atoms with E-state index in [0.717, 1.165) is 0 Å². The quantitative estimate of drug-likeness (QED) is 0.204. The first-order chi connectivity index (χ1) is 28.0. The maximum atomic E-state index is 14.8. The van der Waals surface area contributed by atoms with E-state index in [1.165, 1.54) is 31.4 Å². The van der Waals surface area contributed by atoms with Gasteiger partial charge in [0.2, 0.25) is 33.3 Å². The Morgan fingerprint density at radius 3 is 2.48 bits per heavy atom. The molecule has 4 amide bonds. The topological polar surface area (TPSA) is 192 Å². The highest BCUT2D eigenvalue weighted by Crippen LogP contribution is 2.48. The number of halogens is 3. The highest BCUT2D eigenvalue weighted by molar-refractivity contribution is 7.91. The van der Waals surface area contributed by atoms with Gasteiger partial charge in [-0.15, -0.1) is 0 Å². The zero-order valence-corrected chi connectivity index (χ0v) is 35.2. The molecule has 1 aromatic carbocycles. The molecule has 2 aliphatic carbocycles. The molecular weight excluding hydrogens is 812 g/mol. The first-order valence-electron chi connectivity index (χ1n) is 19.9. The number of pyridine rings is 1. The van der Waals surface area contributed by atoms with E-state index in [4.69, 9.17) is 18.9 Å². The number of aromatic nitrogens is 1. The third kappa shape index (κ3) is 9.00. The van der Waals surface area contributed by atoms with Gasteiger partial charge >= 0.3 is 12.3 Å². The number of alkyl halides is 3. The van der Waals surface area contributed by atoms with E-state index in [-0.39, 0.29) is 31.2 Å². The lowest BCUT2D eigenvalue weighted by Crippen LogP contribution is -2.59. The van der Waals surface area contributed by atoms with Crippen LogP contribution in [0.3, 0.4) is 0 Å². The second-order valence-electron chi connectivity index (χ2n) is 17.1. The molecule has 6 rings (SSSR count). The van der Waals surface area contributed by atoms with Gasteiger partial charge in [0.05, 0.1) is 30.9 Å². The van der Waals surface area contributed by atoms with E-state index in [1.807, 2.05) is 13.0 Å². The number of sulfonamides is 1. The molecule has 2 saturated carbocycles. The van der Waals surface area contributed by atoms with Crippen LogP contribution in [-0.2, 0) is 29.1 Å². The van der Waals surface area contributed by atoms with Crippen molar-refractivity contribution in [3.63, 3.8) is 0 Å². The minimum Gasteiger partial charge on any atom is -0.497 e. The van der Waals surface area contributed by atoms with Crippen LogP contribution in [0.15, 0.2) is 49.4 Å². The minimum absolute atomic E-state index is 0.0533. The van der Waals surface area contributed by atoms with Gasteiger partial charge in [-0.3, -0.25) is 19.1 Å². The molecule has 1 saturated heterocycles. The number of ether oxygens (including phenoxy) is 4. The van der Waals surface area contributed by atoms with Crippen LogP contribution < -0.4 is 29.6 Å². The van der Waals surface area contributed by atoms with E-state index in [2.05, 4.69) is 26.9 Å². The number of hydrogen-bond acceptors (Lipinski definition) is 11. The first-order valence-corrected chi connectivity index (χ1v) is 21.4. The number of alkyl carbamates (subject to hydrolysis) is 1. The van der Waals surface area contributed by atoms with Crippen molar-refractivity contribution in [2.75, 3.05) is 13.7 Å². The summed E-state index contributed by atoms with van der Waals surface area (Å²) in [4.78, 5) is 62.1. The summed E-state index contributed by atoms with van der Waals surface area (Å²) in [5.74, 6) is -2.83. The van der Waals surface area contributed by atoms with Gasteiger partial charge in [0.15, 0.2) is 5.75 Å².